The molecule has 0 amide bonds. The molecule has 3 heterocycles. The van der Waals surface area contributed by atoms with Gasteiger partial charge in [0.2, 0.25) is 5.78 Å². The van der Waals surface area contributed by atoms with Gasteiger partial charge in [-0.05, 0) is 37.0 Å². The zero-order valence-electron chi connectivity index (χ0n) is 17.3. The first kappa shape index (κ1) is 23.3. The zero-order chi connectivity index (χ0) is 22.8. The summed E-state index contributed by atoms with van der Waals surface area (Å²) >= 11 is 5.87. The Bertz CT molecular complexity index is 951. The highest BCUT2D eigenvalue weighted by Crippen LogP contribution is 2.34. The van der Waals surface area contributed by atoms with Crippen molar-refractivity contribution in [2.24, 2.45) is 5.92 Å². The number of rotatable bonds is 6. The molecule has 1 saturated heterocycles. The molecule has 0 bridgehead atoms. The molecule has 1 aliphatic heterocycles. The highest BCUT2D eigenvalue weighted by molar-refractivity contribution is 6.31. The lowest BCUT2D eigenvalue weighted by atomic mass is 10.0. The van der Waals surface area contributed by atoms with Gasteiger partial charge in [0, 0.05) is 31.9 Å². The molecule has 3 rings (SSSR count). The Labute approximate surface area is 184 Å². The number of alkyl halides is 3. The summed E-state index contributed by atoms with van der Waals surface area (Å²) in [5.41, 5.74) is 3.69. The SMILES string of the molecule is CC(C)CC[C@H]1CN(c2ccc(C(F)(F)F)c(C(=O)c3cc(Cl)cnc3N)n2)CCN1. The van der Waals surface area contributed by atoms with Crippen molar-refractivity contribution in [1.82, 2.24) is 15.3 Å². The highest BCUT2D eigenvalue weighted by atomic mass is 35.5. The van der Waals surface area contributed by atoms with E-state index in [0.717, 1.165) is 18.9 Å². The van der Waals surface area contributed by atoms with Crippen molar-refractivity contribution in [1.29, 1.82) is 0 Å². The molecule has 2 aromatic heterocycles. The van der Waals surface area contributed by atoms with Gasteiger partial charge >= 0.3 is 6.18 Å². The van der Waals surface area contributed by atoms with Crippen molar-refractivity contribution in [3.05, 3.63) is 46.2 Å². The standard InChI is InChI=1S/C21H25ClF3N5O/c1-12(2)3-4-14-11-30(8-7-27-14)17-6-5-16(21(23,24)25)18(29-17)19(31)15-9-13(22)10-28-20(15)26/h5-6,9-10,12,14,27H,3-4,7-8,11H2,1-2H3,(H2,26,28)/t14-/m0/s1. The first-order chi connectivity index (χ1) is 14.6. The Balaban J connectivity index is 1.96. The quantitative estimate of drug-likeness (QED) is 0.636. The van der Waals surface area contributed by atoms with Crippen molar-refractivity contribution in [3.8, 4) is 0 Å². The molecule has 0 radical (unpaired) electrons. The maximum Gasteiger partial charge on any atom is 0.418 e. The summed E-state index contributed by atoms with van der Waals surface area (Å²) in [6, 6.07) is 3.61. The van der Waals surface area contributed by atoms with E-state index < -0.39 is 23.2 Å². The third-order valence-corrected chi connectivity index (χ3v) is 5.41. The van der Waals surface area contributed by atoms with Gasteiger partial charge in [-0.25, -0.2) is 9.97 Å². The third kappa shape index (κ3) is 5.65. The summed E-state index contributed by atoms with van der Waals surface area (Å²) in [6.45, 7) is 6.14. The van der Waals surface area contributed by atoms with Crippen LogP contribution >= 0.6 is 11.6 Å². The van der Waals surface area contributed by atoms with Crippen molar-refractivity contribution in [2.45, 2.75) is 38.9 Å². The Morgan fingerprint density at radius 2 is 2.13 bits per heavy atom. The number of aromatic nitrogens is 2. The Morgan fingerprint density at radius 3 is 2.81 bits per heavy atom. The Hall–Kier alpha value is -2.39. The fourth-order valence-corrected chi connectivity index (χ4v) is 3.71. The minimum atomic E-state index is -4.75. The molecule has 0 spiro atoms. The van der Waals surface area contributed by atoms with Crippen molar-refractivity contribution in [3.63, 3.8) is 0 Å². The van der Waals surface area contributed by atoms with Crippen LogP contribution in [0.5, 0.6) is 0 Å². The van der Waals surface area contributed by atoms with Crippen LogP contribution in [0.3, 0.4) is 0 Å². The van der Waals surface area contributed by atoms with E-state index in [0.29, 0.717) is 31.4 Å². The number of carbonyl (C=O) groups excluding carboxylic acids is 1. The molecule has 0 aromatic carbocycles. The molecule has 6 nitrogen and oxygen atoms in total. The van der Waals surface area contributed by atoms with Gasteiger partial charge in [0.1, 0.15) is 17.3 Å². The van der Waals surface area contributed by atoms with E-state index >= 15 is 0 Å². The van der Waals surface area contributed by atoms with Crippen molar-refractivity contribution in [2.75, 3.05) is 30.3 Å². The summed E-state index contributed by atoms with van der Waals surface area (Å²) in [4.78, 5) is 22.8. The van der Waals surface area contributed by atoms with E-state index in [-0.39, 0.29) is 22.4 Å². The molecule has 168 valence electrons. The van der Waals surface area contributed by atoms with Gasteiger partial charge < -0.3 is 16.0 Å². The highest BCUT2D eigenvalue weighted by Gasteiger charge is 2.37. The Kier molecular flexibility index (Phi) is 7.06. The maximum atomic E-state index is 13.6. The van der Waals surface area contributed by atoms with Crippen molar-refractivity contribution >= 4 is 29.0 Å². The number of piperazine rings is 1. The van der Waals surface area contributed by atoms with Crippen LogP contribution in [-0.4, -0.2) is 41.4 Å². The minimum Gasteiger partial charge on any atom is -0.383 e. The molecule has 10 heteroatoms. The summed E-state index contributed by atoms with van der Waals surface area (Å²) < 4.78 is 40.9. The van der Waals surface area contributed by atoms with Crippen LogP contribution in [0.4, 0.5) is 24.8 Å². The number of nitrogens with zero attached hydrogens (tertiary/aromatic N) is 3. The van der Waals surface area contributed by atoms with Crippen molar-refractivity contribution < 1.29 is 18.0 Å². The second-order valence-electron chi connectivity index (χ2n) is 8.05. The molecule has 0 aliphatic carbocycles. The molecule has 31 heavy (non-hydrogen) atoms. The van der Waals surface area contributed by atoms with Crippen LogP contribution < -0.4 is 16.0 Å². The number of ketones is 1. The van der Waals surface area contributed by atoms with E-state index in [1.807, 2.05) is 4.90 Å². The van der Waals surface area contributed by atoms with E-state index in [1.54, 1.807) is 0 Å². The maximum absolute atomic E-state index is 13.6. The van der Waals surface area contributed by atoms with Gasteiger partial charge in [-0.15, -0.1) is 0 Å². The fourth-order valence-electron chi connectivity index (χ4n) is 3.55. The van der Waals surface area contributed by atoms with Crippen LogP contribution in [0.25, 0.3) is 0 Å². The monoisotopic (exact) mass is 455 g/mol. The average molecular weight is 456 g/mol. The summed E-state index contributed by atoms with van der Waals surface area (Å²) in [7, 11) is 0. The van der Waals surface area contributed by atoms with E-state index in [4.69, 9.17) is 17.3 Å². The lowest BCUT2D eigenvalue weighted by Gasteiger charge is -2.35. The summed E-state index contributed by atoms with van der Waals surface area (Å²) in [5.74, 6) is -0.290. The smallest absolute Gasteiger partial charge is 0.383 e. The summed E-state index contributed by atoms with van der Waals surface area (Å²) in [5, 5.41) is 3.53. The van der Waals surface area contributed by atoms with E-state index in [9.17, 15) is 18.0 Å². The van der Waals surface area contributed by atoms with Gasteiger partial charge in [0.15, 0.2) is 0 Å². The lowest BCUT2D eigenvalue weighted by molar-refractivity contribution is -0.138. The topological polar surface area (TPSA) is 84.1 Å². The third-order valence-electron chi connectivity index (χ3n) is 5.20. The number of halogens is 4. The molecule has 1 atom stereocenters. The van der Waals surface area contributed by atoms with Crippen LogP contribution in [0.15, 0.2) is 24.4 Å². The predicted octanol–water partition coefficient (Wildman–Crippen LogP) is 4.18. The largest absolute Gasteiger partial charge is 0.418 e. The number of carbonyl (C=O) groups is 1. The molecule has 1 fully saturated rings. The number of nitrogens with one attached hydrogen (secondary N) is 1. The second-order valence-corrected chi connectivity index (χ2v) is 8.48. The first-order valence-corrected chi connectivity index (χ1v) is 10.5. The molecular weight excluding hydrogens is 431 g/mol. The molecule has 0 saturated carbocycles. The number of nitrogens with two attached hydrogens (primary N) is 1. The lowest BCUT2D eigenvalue weighted by Crippen LogP contribution is -2.51. The van der Waals surface area contributed by atoms with Gasteiger partial charge in [0.05, 0.1) is 16.1 Å². The Morgan fingerprint density at radius 1 is 1.39 bits per heavy atom. The zero-order valence-corrected chi connectivity index (χ0v) is 18.1. The molecule has 3 N–H and O–H groups in total. The van der Waals surface area contributed by atoms with E-state index in [2.05, 4.69) is 29.1 Å². The average Bonchev–Trinajstić information content (AvgIpc) is 2.72. The van der Waals surface area contributed by atoms with Crippen LogP contribution in [0.2, 0.25) is 5.02 Å². The minimum absolute atomic E-state index is 0.0948. The normalized spacial score (nSPS) is 17.3. The van der Waals surface area contributed by atoms with Crippen LogP contribution in [-0.2, 0) is 6.18 Å². The molecular formula is C21H25ClF3N5O. The number of hydrogen-bond acceptors (Lipinski definition) is 6. The van der Waals surface area contributed by atoms with Gasteiger partial charge in [0.25, 0.3) is 0 Å². The summed E-state index contributed by atoms with van der Waals surface area (Å²) in [6.07, 6.45) is -1.54. The number of anilines is 2. The van der Waals surface area contributed by atoms with Crippen LogP contribution in [0.1, 0.15) is 48.3 Å². The second kappa shape index (κ2) is 9.40. The molecule has 1 aliphatic rings. The number of nitrogen functional groups attached to an aromatic ring is 1. The predicted molar refractivity (Wildman–Crippen MR) is 114 cm³/mol. The van der Waals surface area contributed by atoms with E-state index in [1.165, 1.54) is 18.3 Å². The van der Waals surface area contributed by atoms with Crippen LogP contribution in [0, 0.1) is 5.92 Å². The van der Waals surface area contributed by atoms with Gasteiger partial charge in [-0.1, -0.05) is 25.4 Å². The number of pyridine rings is 2. The number of hydrogen-bond donors (Lipinski definition) is 2. The molecule has 2 aromatic rings. The molecule has 0 unspecified atom stereocenters. The fraction of sp³-hybridized carbons (Fsp3) is 0.476. The van der Waals surface area contributed by atoms with Gasteiger partial charge in [-0.2, -0.15) is 13.2 Å². The van der Waals surface area contributed by atoms with Gasteiger partial charge in [-0.3, -0.25) is 4.79 Å². The first-order valence-electron chi connectivity index (χ1n) is 10.1.